The summed E-state index contributed by atoms with van der Waals surface area (Å²) in [6.45, 7) is 7.08. The molecule has 0 saturated carbocycles. The molecular formula is C41H50N6O6S. The molecule has 3 aromatic carbocycles. The smallest absolute Gasteiger partial charge is 0.408 e. The Balaban J connectivity index is 1.37. The van der Waals surface area contributed by atoms with Crippen molar-refractivity contribution in [3.05, 3.63) is 108 Å². The number of ether oxygens (including phenoxy) is 1. The van der Waals surface area contributed by atoms with Crippen LogP contribution < -0.4 is 26.6 Å². The third-order valence-corrected chi connectivity index (χ3v) is 9.97. The number of nitrogens with zero attached hydrogens (tertiary/aromatic N) is 1. The van der Waals surface area contributed by atoms with Crippen LogP contribution in [0.1, 0.15) is 87.3 Å². The maximum Gasteiger partial charge on any atom is 0.408 e. The zero-order valence-corrected chi connectivity index (χ0v) is 32.0. The number of hydrogen-bond acceptors (Lipinski definition) is 7. The average Bonchev–Trinajstić information content (AvgIpc) is 3.54. The predicted octanol–water partition coefficient (Wildman–Crippen LogP) is 4.75. The van der Waals surface area contributed by atoms with Gasteiger partial charge in [-0.05, 0) is 88.4 Å². The van der Waals surface area contributed by atoms with E-state index >= 15 is 0 Å². The molecule has 2 fully saturated rings. The lowest BCUT2D eigenvalue weighted by Gasteiger charge is -2.33. The molecule has 0 radical (unpaired) electrons. The van der Waals surface area contributed by atoms with E-state index in [4.69, 9.17) is 17.0 Å². The van der Waals surface area contributed by atoms with Crippen LogP contribution in [-0.2, 0) is 19.1 Å². The van der Waals surface area contributed by atoms with Gasteiger partial charge in [-0.15, -0.1) is 0 Å². The topological polar surface area (TPSA) is 158 Å². The molecule has 0 unspecified atom stereocenters. The zero-order valence-electron chi connectivity index (χ0n) is 31.2. The summed E-state index contributed by atoms with van der Waals surface area (Å²) >= 11 is 5.45. The number of carbonyl (C=O) groups is 5. The molecule has 54 heavy (non-hydrogen) atoms. The Hall–Kier alpha value is -5.30. The normalized spacial score (nSPS) is 20.2. The van der Waals surface area contributed by atoms with Crippen LogP contribution >= 0.6 is 12.2 Å². The van der Waals surface area contributed by atoms with Gasteiger partial charge >= 0.3 is 6.09 Å². The summed E-state index contributed by atoms with van der Waals surface area (Å²) in [5.74, 6) is -2.08. The van der Waals surface area contributed by atoms with Crippen LogP contribution in [0.2, 0.25) is 0 Å². The summed E-state index contributed by atoms with van der Waals surface area (Å²) in [5.41, 5.74) is 1.47. The summed E-state index contributed by atoms with van der Waals surface area (Å²) in [5, 5.41) is 14.6. The standard InChI is InChI=1S/C41H50N6O6S/c1-5-31(43-40(52)53-41(2,3)4)36(49)45-34-29(25-42-39(54)46-35(48)28-19-13-8-14-20-28)21-22-30-23-24-32(47(30)38(34)51)37(50)44-33(26-15-9-6-10-16-26)27-17-11-7-12-18-27/h6-20,29-34H,5,21-25H2,1-4H3,(H,43,52)(H,44,50)(H,45,49)(H2,42,46,48,54)/t29-,30+,31+,32+,34+/m1/s1. The van der Waals surface area contributed by atoms with Gasteiger partial charge in [-0.3, -0.25) is 24.5 Å². The summed E-state index contributed by atoms with van der Waals surface area (Å²) in [7, 11) is 0. The summed E-state index contributed by atoms with van der Waals surface area (Å²) in [6.07, 6.45) is 1.68. The van der Waals surface area contributed by atoms with Crippen LogP contribution in [0.5, 0.6) is 0 Å². The molecule has 0 spiro atoms. The second-order valence-electron chi connectivity index (χ2n) is 14.7. The van der Waals surface area contributed by atoms with Crippen molar-refractivity contribution in [1.29, 1.82) is 0 Å². The second kappa shape index (κ2) is 18.2. The van der Waals surface area contributed by atoms with Crippen molar-refractivity contribution in [2.45, 2.75) is 95.6 Å². The molecule has 0 aromatic heterocycles. The second-order valence-corrected chi connectivity index (χ2v) is 15.1. The zero-order chi connectivity index (χ0) is 38.8. The van der Waals surface area contributed by atoms with Gasteiger partial charge in [0.25, 0.3) is 5.91 Å². The number of fused-ring (bicyclic) bond motifs is 1. The molecule has 3 aromatic rings. The van der Waals surface area contributed by atoms with E-state index in [1.807, 2.05) is 66.7 Å². The first-order chi connectivity index (χ1) is 25.8. The van der Waals surface area contributed by atoms with E-state index in [0.717, 1.165) is 11.1 Å². The minimum Gasteiger partial charge on any atom is -0.444 e. The van der Waals surface area contributed by atoms with Crippen LogP contribution in [0.4, 0.5) is 4.79 Å². The van der Waals surface area contributed by atoms with E-state index in [0.29, 0.717) is 31.2 Å². The van der Waals surface area contributed by atoms with E-state index in [2.05, 4.69) is 26.6 Å². The van der Waals surface area contributed by atoms with E-state index in [1.165, 1.54) is 0 Å². The van der Waals surface area contributed by atoms with Crippen molar-refractivity contribution in [3.8, 4) is 0 Å². The summed E-state index contributed by atoms with van der Waals surface area (Å²) < 4.78 is 5.39. The first-order valence-electron chi connectivity index (χ1n) is 18.5. The summed E-state index contributed by atoms with van der Waals surface area (Å²) in [6, 6.07) is 24.5. The molecule has 0 bridgehead atoms. The summed E-state index contributed by atoms with van der Waals surface area (Å²) in [4.78, 5) is 69.8. The van der Waals surface area contributed by atoms with Crippen LogP contribution in [0, 0.1) is 5.92 Å². The highest BCUT2D eigenvalue weighted by molar-refractivity contribution is 7.80. The number of rotatable bonds is 11. The highest BCUT2D eigenvalue weighted by Crippen LogP contribution is 2.35. The Morgan fingerprint density at radius 3 is 1.98 bits per heavy atom. The fourth-order valence-electron chi connectivity index (χ4n) is 7.07. The third-order valence-electron chi connectivity index (χ3n) is 9.72. The minimum absolute atomic E-state index is 0.0780. The number of benzene rings is 3. The molecule has 286 valence electrons. The van der Waals surface area contributed by atoms with Gasteiger partial charge in [0.2, 0.25) is 17.7 Å². The molecule has 5 atom stereocenters. The Bertz CT molecular complexity index is 1750. The van der Waals surface area contributed by atoms with Crippen molar-refractivity contribution in [2.75, 3.05) is 6.54 Å². The van der Waals surface area contributed by atoms with Crippen molar-refractivity contribution >= 4 is 47.1 Å². The first-order valence-corrected chi connectivity index (χ1v) is 18.9. The van der Waals surface area contributed by atoms with E-state index in [9.17, 15) is 24.0 Å². The SMILES string of the molecule is CC[C@H](NC(=O)OC(C)(C)C)C(=O)N[C@@H]1C(=O)N2[C@@H](CC[C@@H]1CNC(=S)NC(=O)c1ccccc1)CC[C@H]2C(=O)NC(c1ccccc1)c1ccccc1. The van der Waals surface area contributed by atoms with Gasteiger partial charge in [0.05, 0.1) is 6.04 Å². The minimum atomic E-state index is -1.07. The lowest BCUT2D eigenvalue weighted by atomic mass is 9.92. The molecule has 2 aliphatic heterocycles. The lowest BCUT2D eigenvalue weighted by Crippen LogP contribution is -2.60. The number of thiocarbonyl (C=S) groups is 1. The van der Waals surface area contributed by atoms with Crippen molar-refractivity contribution in [3.63, 3.8) is 0 Å². The van der Waals surface area contributed by atoms with Crippen molar-refractivity contribution in [2.24, 2.45) is 5.92 Å². The quantitative estimate of drug-likeness (QED) is 0.176. The third kappa shape index (κ3) is 10.4. The van der Waals surface area contributed by atoms with Crippen LogP contribution in [0.25, 0.3) is 0 Å². The Morgan fingerprint density at radius 2 is 1.41 bits per heavy atom. The molecule has 2 heterocycles. The Morgan fingerprint density at radius 1 is 0.833 bits per heavy atom. The van der Waals surface area contributed by atoms with Gasteiger partial charge < -0.3 is 30.9 Å². The van der Waals surface area contributed by atoms with Crippen LogP contribution in [0.15, 0.2) is 91.0 Å². The molecular weight excluding hydrogens is 705 g/mol. The lowest BCUT2D eigenvalue weighted by molar-refractivity contribution is -0.143. The van der Waals surface area contributed by atoms with Gasteiger partial charge in [-0.2, -0.15) is 0 Å². The Kier molecular flexibility index (Phi) is 13.4. The molecule has 5 rings (SSSR count). The molecule has 5 N–H and O–H groups in total. The van der Waals surface area contributed by atoms with Crippen molar-refractivity contribution in [1.82, 2.24) is 31.5 Å². The van der Waals surface area contributed by atoms with Gasteiger partial charge in [0, 0.05) is 24.1 Å². The van der Waals surface area contributed by atoms with Crippen LogP contribution in [-0.4, -0.2) is 76.0 Å². The number of carbonyl (C=O) groups excluding carboxylic acids is 5. The van der Waals surface area contributed by atoms with E-state index in [-0.39, 0.29) is 35.9 Å². The number of nitrogens with one attached hydrogen (secondary N) is 5. The van der Waals surface area contributed by atoms with Crippen LogP contribution in [0.3, 0.4) is 0 Å². The van der Waals surface area contributed by atoms with Gasteiger partial charge in [0.15, 0.2) is 5.11 Å². The molecule has 2 aliphatic rings. The average molecular weight is 755 g/mol. The number of hydrogen-bond donors (Lipinski definition) is 5. The van der Waals surface area contributed by atoms with E-state index < -0.39 is 53.6 Å². The molecule has 12 nitrogen and oxygen atoms in total. The maximum atomic E-state index is 14.7. The molecule has 0 aliphatic carbocycles. The number of amides is 5. The number of alkyl carbamates (subject to hydrolysis) is 1. The fraction of sp³-hybridized carbons (Fsp3) is 0.415. The predicted molar refractivity (Wildman–Crippen MR) is 209 cm³/mol. The van der Waals surface area contributed by atoms with Crippen molar-refractivity contribution < 1.29 is 28.7 Å². The van der Waals surface area contributed by atoms with Gasteiger partial charge in [-0.1, -0.05) is 85.8 Å². The Labute approximate surface area is 322 Å². The highest BCUT2D eigenvalue weighted by Gasteiger charge is 2.48. The molecule has 2 saturated heterocycles. The fourth-order valence-corrected chi connectivity index (χ4v) is 7.25. The van der Waals surface area contributed by atoms with E-state index in [1.54, 1.807) is 56.9 Å². The molecule has 5 amide bonds. The van der Waals surface area contributed by atoms with Gasteiger partial charge in [-0.25, -0.2) is 4.79 Å². The molecule has 13 heteroatoms. The maximum absolute atomic E-state index is 14.7. The van der Waals surface area contributed by atoms with Gasteiger partial charge in [0.1, 0.15) is 23.7 Å². The first kappa shape index (κ1) is 39.9. The monoisotopic (exact) mass is 754 g/mol. The highest BCUT2D eigenvalue weighted by atomic mass is 32.1. The largest absolute Gasteiger partial charge is 0.444 e.